The Morgan fingerprint density at radius 2 is 2.06 bits per heavy atom. The number of carbonyl (C=O) groups is 1. The molecule has 0 saturated carbocycles. The number of anilines is 1. The number of nitrogens with two attached hydrogens (primary N) is 1. The van der Waals surface area contributed by atoms with Gasteiger partial charge < -0.3 is 15.4 Å². The van der Waals surface area contributed by atoms with Crippen LogP contribution >= 0.6 is 0 Å². The maximum atomic E-state index is 14.8. The normalized spacial score (nSPS) is 16.0. The van der Waals surface area contributed by atoms with Crippen molar-refractivity contribution in [3.8, 4) is 22.5 Å². The maximum absolute atomic E-state index is 14.8. The summed E-state index contributed by atoms with van der Waals surface area (Å²) in [6.45, 7) is 3.50. The molecule has 10 heteroatoms. The number of allylic oxidation sites excluding steroid dienone is 1. The van der Waals surface area contributed by atoms with Crippen molar-refractivity contribution in [3.63, 3.8) is 0 Å². The van der Waals surface area contributed by atoms with Crippen molar-refractivity contribution in [3.05, 3.63) is 72.4 Å². The molecule has 5 rings (SSSR count). The molecule has 1 aliphatic heterocycles. The molecule has 1 amide bonds. The minimum absolute atomic E-state index is 0.0846. The summed E-state index contributed by atoms with van der Waals surface area (Å²) < 4.78 is 21.8. The molecule has 1 atom stereocenters. The number of halogens is 1. The van der Waals surface area contributed by atoms with Gasteiger partial charge in [-0.05, 0) is 38.1 Å². The number of hydrogen-bond acceptors (Lipinski definition) is 7. The minimum atomic E-state index is -0.656. The Hall–Kier alpha value is -4.34. The third-order valence-electron chi connectivity index (χ3n) is 5.22. The maximum Gasteiger partial charge on any atom is 0.285 e. The van der Waals surface area contributed by atoms with E-state index in [0.717, 1.165) is 11.1 Å². The number of fused-ring (bicyclic) bond motifs is 1. The van der Waals surface area contributed by atoms with Crippen molar-refractivity contribution in [2.24, 2.45) is 5.73 Å². The number of benzene rings is 1. The van der Waals surface area contributed by atoms with Crippen LogP contribution < -0.4 is 10.6 Å². The highest BCUT2D eigenvalue weighted by molar-refractivity contribution is 5.92. The highest BCUT2D eigenvalue weighted by Crippen LogP contribution is 2.34. The molecule has 0 aliphatic carbocycles. The SMILES string of the molecule is CC1=C(C(N)=O)OC(C)N1c1ccc(F)c(-c2nc3ncc(-c4cccnc4)cn3n2)c1. The number of nitrogens with zero attached hydrogens (tertiary/aromatic N) is 6. The topological polar surface area (TPSA) is 112 Å². The smallest absolute Gasteiger partial charge is 0.285 e. The van der Waals surface area contributed by atoms with E-state index in [1.165, 1.54) is 10.6 Å². The van der Waals surface area contributed by atoms with Gasteiger partial charge >= 0.3 is 0 Å². The van der Waals surface area contributed by atoms with Crippen LogP contribution in [0.5, 0.6) is 0 Å². The van der Waals surface area contributed by atoms with E-state index in [9.17, 15) is 9.18 Å². The summed E-state index contributed by atoms with van der Waals surface area (Å²) in [5.41, 5.74) is 8.44. The van der Waals surface area contributed by atoms with Gasteiger partial charge in [0.15, 0.2) is 12.1 Å². The molecule has 1 aromatic carbocycles. The predicted octanol–water partition coefficient (Wildman–Crippen LogP) is 2.89. The zero-order chi connectivity index (χ0) is 22.4. The van der Waals surface area contributed by atoms with Crippen LogP contribution in [0.15, 0.2) is 66.6 Å². The summed E-state index contributed by atoms with van der Waals surface area (Å²) >= 11 is 0. The quantitative estimate of drug-likeness (QED) is 0.529. The van der Waals surface area contributed by atoms with Gasteiger partial charge in [0, 0.05) is 41.6 Å². The van der Waals surface area contributed by atoms with E-state index in [4.69, 9.17) is 10.5 Å². The Morgan fingerprint density at radius 1 is 1.22 bits per heavy atom. The lowest BCUT2D eigenvalue weighted by atomic mass is 10.1. The van der Waals surface area contributed by atoms with E-state index in [1.54, 1.807) is 55.7 Å². The van der Waals surface area contributed by atoms with E-state index < -0.39 is 18.0 Å². The van der Waals surface area contributed by atoms with Crippen molar-refractivity contribution in [1.82, 2.24) is 24.6 Å². The molecular weight excluding hydrogens is 413 g/mol. The second-order valence-electron chi connectivity index (χ2n) is 7.29. The van der Waals surface area contributed by atoms with Crippen molar-refractivity contribution in [2.45, 2.75) is 20.1 Å². The van der Waals surface area contributed by atoms with E-state index >= 15 is 0 Å². The number of pyridine rings is 1. The Balaban J connectivity index is 1.56. The largest absolute Gasteiger partial charge is 0.463 e. The molecule has 3 aromatic heterocycles. The fourth-order valence-electron chi connectivity index (χ4n) is 3.74. The molecule has 1 aliphatic rings. The van der Waals surface area contributed by atoms with Gasteiger partial charge in [-0.1, -0.05) is 6.07 Å². The molecule has 0 radical (unpaired) electrons. The van der Waals surface area contributed by atoms with E-state index in [2.05, 4.69) is 20.1 Å². The van der Waals surface area contributed by atoms with Crippen LogP contribution in [0.1, 0.15) is 13.8 Å². The fourth-order valence-corrected chi connectivity index (χ4v) is 3.74. The first kappa shape index (κ1) is 19.6. The Kier molecular flexibility index (Phi) is 4.54. The molecule has 4 heterocycles. The van der Waals surface area contributed by atoms with E-state index in [-0.39, 0.29) is 17.1 Å². The third-order valence-corrected chi connectivity index (χ3v) is 5.22. The zero-order valence-corrected chi connectivity index (χ0v) is 17.2. The van der Waals surface area contributed by atoms with Crippen LogP contribution in [-0.2, 0) is 9.53 Å². The van der Waals surface area contributed by atoms with Crippen LogP contribution in [0.2, 0.25) is 0 Å². The summed E-state index contributed by atoms with van der Waals surface area (Å²) in [4.78, 5) is 26.2. The number of rotatable bonds is 4. The van der Waals surface area contributed by atoms with Gasteiger partial charge in [0.05, 0.1) is 11.3 Å². The van der Waals surface area contributed by atoms with Crippen molar-refractivity contribution in [2.75, 3.05) is 4.90 Å². The molecule has 4 aromatic rings. The van der Waals surface area contributed by atoms with Crippen LogP contribution in [-0.4, -0.2) is 36.7 Å². The van der Waals surface area contributed by atoms with Gasteiger partial charge in [-0.25, -0.2) is 13.9 Å². The average Bonchev–Trinajstić information content (AvgIpc) is 3.34. The summed E-state index contributed by atoms with van der Waals surface area (Å²) in [6.07, 6.45) is 6.36. The van der Waals surface area contributed by atoms with Gasteiger partial charge in [-0.3, -0.25) is 9.78 Å². The first-order valence-electron chi connectivity index (χ1n) is 9.81. The monoisotopic (exact) mass is 431 g/mol. The predicted molar refractivity (Wildman–Crippen MR) is 114 cm³/mol. The van der Waals surface area contributed by atoms with Crippen LogP contribution in [0.3, 0.4) is 0 Å². The number of ether oxygens (including phenoxy) is 1. The molecule has 1 unspecified atom stereocenters. The Labute approximate surface area is 182 Å². The lowest BCUT2D eigenvalue weighted by Crippen LogP contribution is -2.27. The van der Waals surface area contributed by atoms with Crippen LogP contribution in [0.4, 0.5) is 10.1 Å². The first-order chi connectivity index (χ1) is 15.4. The minimum Gasteiger partial charge on any atom is -0.463 e. The lowest BCUT2D eigenvalue weighted by molar-refractivity contribution is -0.118. The number of carbonyl (C=O) groups excluding carboxylic acids is 1. The second-order valence-corrected chi connectivity index (χ2v) is 7.29. The van der Waals surface area contributed by atoms with Crippen molar-refractivity contribution < 1.29 is 13.9 Å². The van der Waals surface area contributed by atoms with Crippen molar-refractivity contribution in [1.29, 1.82) is 0 Å². The van der Waals surface area contributed by atoms with Gasteiger partial charge in [-0.15, -0.1) is 5.10 Å². The molecule has 0 fully saturated rings. The van der Waals surface area contributed by atoms with E-state index in [1.807, 2.05) is 12.1 Å². The van der Waals surface area contributed by atoms with Gasteiger partial charge in [0.25, 0.3) is 11.7 Å². The van der Waals surface area contributed by atoms with Gasteiger partial charge in [-0.2, -0.15) is 4.98 Å². The summed E-state index contributed by atoms with van der Waals surface area (Å²) in [5.74, 6) is -0.535. The summed E-state index contributed by atoms with van der Waals surface area (Å²) in [5, 5.41) is 4.43. The molecule has 0 saturated heterocycles. The standard InChI is InChI=1S/C22H18FN7O2/c1-12-19(20(24)31)32-13(2)30(12)16-5-6-18(23)17(8-16)21-27-22-26-10-15(11-29(22)28-21)14-4-3-7-25-9-14/h3-11,13H,1-2H3,(H2,24,31). The molecule has 2 N–H and O–H groups in total. The molecule has 0 spiro atoms. The molecule has 32 heavy (non-hydrogen) atoms. The average molecular weight is 431 g/mol. The van der Waals surface area contributed by atoms with Crippen LogP contribution in [0, 0.1) is 5.82 Å². The first-order valence-corrected chi connectivity index (χ1v) is 9.81. The van der Waals surface area contributed by atoms with Crippen LogP contribution in [0.25, 0.3) is 28.3 Å². The summed E-state index contributed by atoms with van der Waals surface area (Å²) in [7, 11) is 0. The fraction of sp³-hybridized carbons (Fsp3) is 0.136. The molecular formula is C22H18FN7O2. The number of hydrogen-bond donors (Lipinski definition) is 1. The number of primary amides is 1. The molecule has 160 valence electrons. The number of aromatic nitrogens is 5. The second kappa shape index (κ2) is 7.41. The Bertz CT molecular complexity index is 1380. The van der Waals surface area contributed by atoms with Gasteiger partial charge in [0.1, 0.15) is 5.82 Å². The Morgan fingerprint density at radius 3 is 2.78 bits per heavy atom. The number of amides is 1. The van der Waals surface area contributed by atoms with Gasteiger partial charge in [0.2, 0.25) is 5.76 Å². The van der Waals surface area contributed by atoms with E-state index in [0.29, 0.717) is 17.2 Å². The zero-order valence-electron chi connectivity index (χ0n) is 17.2. The molecule has 9 nitrogen and oxygen atoms in total. The lowest BCUT2D eigenvalue weighted by Gasteiger charge is -2.24. The third kappa shape index (κ3) is 3.22. The molecule has 0 bridgehead atoms. The summed E-state index contributed by atoms with van der Waals surface area (Å²) in [6, 6.07) is 8.27. The highest BCUT2D eigenvalue weighted by Gasteiger charge is 2.32. The van der Waals surface area contributed by atoms with Crippen molar-refractivity contribution >= 4 is 17.4 Å². The highest BCUT2D eigenvalue weighted by atomic mass is 19.1.